The van der Waals surface area contributed by atoms with Crippen LogP contribution in [0.3, 0.4) is 0 Å². The SMILES string of the molecule is CCC[CH2][Sn](/[CH]=C/[C@H](C)O)([CH2]CCC)[CH2]CCC. The Morgan fingerprint density at radius 3 is 1.56 bits per heavy atom. The van der Waals surface area contributed by atoms with Gasteiger partial charge in [0.05, 0.1) is 0 Å². The molecule has 0 aromatic heterocycles. The number of aliphatic hydroxyl groups is 1. The van der Waals surface area contributed by atoms with Crippen LogP contribution in [0.2, 0.25) is 13.3 Å². The summed E-state index contributed by atoms with van der Waals surface area (Å²) in [6, 6.07) is 0. The van der Waals surface area contributed by atoms with Gasteiger partial charge in [0.1, 0.15) is 0 Å². The molecule has 0 radical (unpaired) electrons. The van der Waals surface area contributed by atoms with Crippen LogP contribution in [0.5, 0.6) is 0 Å². The van der Waals surface area contributed by atoms with E-state index in [1.54, 1.807) is 0 Å². The van der Waals surface area contributed by atoms with Gasteiger partial charge in [0, 0.05) is 0 Å². The molecule has 1 N–H and O–H groups in total. The van der Waals surface area contributed by atoms with E-state index < -0.39 is 18.4 Å². The van der Waals surface area contributed by atoms with Gasteiger partial charge in [0.25, 0.3) is 0 Å². The molecular formula is C16H34OSn. The zero-order valence-electron chi connectivity index (χ0n) is 13.0. The second-order valence-electron chi connectivity index (χ2n) is 5.77. The number of unbranched alkanes of at least 4 members (excludes halogenated alkanes) is 3. The van der Waals surface area contributed by atoms with Crippen LogP contribution in [0.1, 0.15) is 66.2 Å². The molecule has 0 unspecified atom stereocenters. The fourth-order valence-corrected chi connectivity index (χ4v) is 17.1. The molecule has 108 valence electrons. The van der Waals surface area contributed by atoms with Crippen LogP contribution in [0.25, 0.3) is 0 Å². The fraction of sp³-hybridized carbons (Fsp3) is 0.875. The summed E-state index contributed by atoms with van der Waals surface area (Å²) in [7, 11) is 0. The van der Waals surface area contributed by atoms with E-state index in [-0.39, 0.29) is 6.10 Å². The summed E-state index contributed by atoms with van der Waals surface area (Å²) < 4.78 is 7.03. The molecule has 0 saturated heterocycles. The molecule has 0 heterocycles. The molecule has 0 saturated carbocycles. The Hall–Kier alpha value is 0.499. The minimum absolute atomic E-state index is 0.258. The van der Waals surface area contributed by atoms with E-state index in [0.717, 1.165) is 0 Å². The van der Waals surface area contributed by atoms with E-state index in [9.17, 15) is 5.11 Å². The van der Waals surface area contributed by atoms with Gasteiger partial charge in [-0.15, -0.1) is 0 Å². The van der Waals surface area contributed by atoms with Gasteiger partial charge < -0.3 is 0 Å². The molecule has 0 fully saturated rings. The Balaban J connectivity index is 4.72. The van der Waals surface area contributed by atoms with E-state index in [2.05, 4.69) is 30.9 Å². The van der Waals surface area contributed by atoms with Crippen molar-refractivity contribution in [2.24, 2.45) is 0 Å². The van der Waals surface area contributed by atoms with Crippen LogP contribution in [-0.4, -0.2) is 29.6 Å². The van der Waals surface area contributed by atoms with E-state index in [4.69, 9.17) is 0 Å². The van der Waals surface area contributed by atoms with Crippen molar-refractivity contribution in [2.75, 3.05) is 0 Å². The minimum atomic E-state index is -2.09. The fourth-order valence-electron chi connectivity index (χ4n) is 2.55. The van der Waals surface area contributed by atoms with Crippen molar-refractivity contribution in [3.63, 3.8) is 0 Å². The number of hydrogen-bond acceptors (Lipinski definition) is 1. The van der Waals surface area contributed by atoms with Crippen LogP contribution < -0.4 is 0 Å². The molecule has 0 aliphatic heterocycles. The van der Waals surface area contributed by atoms with Gasteiger partial charge >= 0.3 is 119 Å². The quantitative estimate of drug-likeness (QED) is 0.495. The number of hydrogen-bond donors (Lipinski definition) is 1. The third-order valence-corrected chi connectivity index (χ3v) is 17.9. The third kappa shape index (κ3) is 8.57. The summed E-state index contributed by atoms with van der Waals surface area (Å²) in [5.74, 6) is 0. The van der Waals surface area contributed by atoms with E-state index in [0.29, 0.717) is 0 Å². The van der Waals surface area contributed by atoms with Crippen molar-refractivity contribution in [1.82, 2.24) is 0 Å². The first kappa shape index (κ1) is 18.5. The molecule has 0 amide bonds. The average molecular weight is 361 g/mol. The summed E-state index contributed by atoms with van der Waals surface area (Å²) in [6.07, 6.45) is 9.98. The normalized spacial score (nSPS) is 14.3. The Labute approximate surface area is 119 Å². The van der Waals surface area contributed by atoms with Crippen molar-refractivity contribution in [3.05, 3.63) is 10.2 Å². The molecule has 1 nitrogen and oxygen atoms in total. The molecule has 0 aliphatic carbocycles. The van der Waals surface area contributed by atoms with Gasteiger partial charge in [-0.2, -0.15) is 0 Å². The number of aliphatic hydroxyl groups excluding tert-OH is 1. The molecule has 0 rings (SSSR count). The summed E-state index contributed by atoms with van der Waals surface area (Å²) in [5, 5.41) is 9.54. The van der Waals surface area contributed by atoms with E-state index in [1.165, 1.54) is 51.8 Å². The van der Waals surface area contributed by atoms with Crippen molar-refractivity contribution in [1.29, 1.82) is 0 Å². The monoisotopic (exact) mass is 362 g/mol. The summed E-state index contributed by atoms with van der Waals surface area (Å²) in [5.41, 5.74) is 0. The Morgan fingerprint density at radius 2 is 1.28 bits per heavy atom. The van der Waals surface area contributed by atoms with Gasteiger partial charge in [0.2, 0.25) is 0 Å². The first-order valence-electron chi connectivity index (χ1n) is 7.97. The predicted octanol–water partition coefficient (Wildman–Crippen LogP) is 5.31. The van der Waals surface area contributed by atoms with Gasteiger partial charge in [-0.05, 0) is 0 Å². The summed E-state index contributed by atoms with van der Waals surface area (Å²) in [4.78, 5) is 0. The molecule has 0 aliphatic rings. The maximum absolute atomic E-state index is 9.54. The van der Waals surface area contributed by atoms with Gasteiger partial charge in [-0.3, -0.25) is 0 Å². The second-order valence-corrected chi connectivity index (χ2v) is 18.8. The van der Waals surface area contributed by atoms with Crippen molar-refractivity contribution < 1.29 is 5.11 Å². The van der Waals surface area contributed by atoms with Crippen LogP contribution in [0.4, 0.5) is 0 Å². The predicted molar refractivity (Wildman–Crippen MR) is 85.7 cm³/mol. The van der Waals surface area contributed by atoms with Gasteiger partial charge in [0.15, 0.2) is 0 Å². The van der Waals surface area contributed by atoms with Crippen LogP contribution in [-0.2, 0) is 0 Å². The van der Waals surface area contributed by atoms with Crippen LogP contribution >= 0.6 is 0 Å². The summed E-state index contributed by atoms with van der Waals surface area (Å²) in [6.45, 7) is 8.78. The zero-order valence-corrected chi connectivity index (χ0v) is 15.9. The number of rotatable bonds is 11. The molecule has 0 spiro atoms. The van der Waals surface area contributed by atoms with Crippen molar-refractivity contribution in [3.8, 4) is 0 Å². The molecule has 2 heteroatoms. The van der Waals surface area contributed by atoms with Gasteiger partial charge in [-0.1, -0.05) is 0 Å². The summed E-state index contributed by atoms with van der Waals surface area (Å²) >= 11 is -2.09. The van der Waals surface area contributed by atoms with Crippen molar-refractivity contribution in [2.45, 2.75) is 85.6 Å². The molecule has 1 atom stereocenters. The first-order valence-corrected chi connectivity index (χ1v) is 15.7. The van der Waals surface area contributed by atoms with Crippen molar-refractivity contribution >= 4 is 18.4 Å². The molecule has 18 heavy (non-hydrogen) atoms. The Bertz CT molecular complexity index is 189. The standard InChI is InChI=1S/C4H7O.3C4H9.Sn/c1-3-4(2)5;3*1-3-4-2;/h1,3-5H,2H3;3*1,3-4H2,2H3;/t4-;;;;/m0..../s1. The zero-order chi connectivity index (χ0) is 13.9. The van der Waals surface area contributed by atoms with E-state index in [1.807, 2.05) is 6.92 Å². The molecule has 0 bridgehead atoms. The van der Waals surface area contributed by atoms with E-state index >= 15 is 0 Å². The molecular weight excluding hydrogens is 327 g/mol. The van der Waals surface area contributed by atoms with Crippen LogP contribution in [0, 0.1) is 0 Å². The maximum atomic E-state index is 9.54. The third-order valence-electron chi connectivity index (χ3n) is 3.81. The molecule has 0 aromatic rings. The Kier molecular flexibility index (Phi) is 11.6. The second kappa shape index (κ2) is 11.3. The molecule has 0 aromatic carbocycles. The topological polar surface area (TPSA) is 20.2 Å². The van der Waals surface area contributed by atoms with Gasteiger partial charge in [-0.25, -0.2) is 0 Å². The first-order chi connectivity index (χ1) is 8.60. The Morgan fingerprint density at radius 1 is 0.889 bits per heavy atom. The average Bonchev–Trinajstić information content (AvgIpc) is 2.37. The van der Waals surface area contributed by atoms with Crippen LogP contribution in [0.15, 0.2) is 10.2 Å².